The lowest BCUT2D eigenvalue weighted by molar-refractivity contribution is -0.138. The molecule has 0 aliphatic heterocycles. The summed E-state index contributed by atoms with van der Waals surface area (Å²) in [5.41, 5.74) is 7.40. The fourth-order valence-electron chi connectivity index (χ4n) is 3.65. The first-order chi connectivity index (χ1) is 16.9. The topological polar surface area (TPSA) is 55.8 Å². The fraction of sp³-hybridized carbons (Fsp3) is 0.200. The normalized spacial score (nSPS) is 10.3. The molecule has 0 unspecified atom stereocenters. The van der Waals surface area contributed by atoms with Crippen LogP contribution in [-0.4, -0.2) is 25.2 Å². The molecule has 0 amide bonds. The first-order valence-corrected chi connectivity index (χ1v) is 11.5. The van der Waals surface area contributed by atoms with E-state index in [-0.39, 0.29) is 13.2 Å². The van der Waals surface area contributed by atoms with E-state index >= 15 is 0 Å². The van der Waals surface area contributed by atoms with E-state index in [9.17, 15) is 9.59 Å². The number of hydrogen-bond donors (Lipinski definition) is 0. The summed E-state index contributed by atoms with van der Waals surface area (Å²) in [7, 11) is 0. The molecule has 0 radical (unpaired) electrons. The summed E-state index contributed by atoms with van der Waals surface area (Å²) in [5.74, 6) is -0.891. The van der Waals surface area contributed by atoms with E-state index in [0.717, 1.165) is 40.3 Å². The summed E-state index contributed by atoms with van der Waals surface area (Å²) in [6.45, 7) is 11.5. The van der Waals surface area contributed by atoms with Crippen LogP contribution < -0.4 is 4.90 Å². The standard InChI is InChI=1S/C30H31NO4/c1-5-29(32)34-17-15-24-19-25(16-18-35-30(33)6-2)21-28(20-24)31(26-11-7-22(3)8-12-26)27-13-9-23(4)10-14-27/h5-14,19-21H,1-2,15-18H2,3-4H3. The van der Waals surface area contributed by atoms with Gasteiger partial charge in [0.05, 0.1) is 13.2 Å². The van der Waals surface area contributed by atoms with Crippen molar-refractivity contribution in [1.82, 2.24) is 0 Å². The number of carbonyl (C=O) groups is 2. The highest BCUT2D eigenvalue weighted by Gasteiger charge is 2.15. The molecule has 180 valence electrons. The second-order valence-electron chi connectivity index (χ2n) is 8.26. The Labute approximate surface area is 207 Å². The number of rotatable bonds is 11. The largest absolute Gasteiger partial charge is 0.462 e. The van der Waals surface area contributed by atoms with Crippen LogP contribution in [0, 0.1) is 13.8 Å². The van der Waals surface area contributed by atoms with Crippen LogP contribution in [0.15, 0.2) is 92.0 Å². The van der Waals surface area contributed by atoms with Gasteiger partial charge in [-0.1, -0.05) is 54.6 Å². The molecule has 0 atom stereocenters. The second-order valence-corrected chi connectivity index (χ2v) is 8.26. The molecule has 0 heterocycles. The van der Waals surface area contributed by atoms with Gasteiger partial charge in [-0.25, -0.2) is 9.59 Å². The lowest BCUT2D eigenvalue weighted by atomic mass is 10.0. The van der Waals surface area contributed by atoms with Gasteiger partial charge in [-0.15, -0.1) is 0 Å². The Balaban J connectivity index is 2.01. The minimum absolute atomic E-state index is 0.244. The van der Waals surface area contributed by atoms with E-state index in [1.807, 2.05) is 0 Å². The van der Waals surface area contributed by atoms with Gasteiger partial charge in [0.2, 0.25) is 0 Å². The number of aryl methyl sites for hydroxylation is 2. The molecule has 35 heavy (non-hydrogen) atoms. The van der Waals surface area contributed by atoms with Crippen molar-refractivity contribution in [2.45, 2.75) is 26.7 Å². The first-order valence-electron chi connectivity index (χ1n) is 11.5. The highest BCUT2D eigenvalue weighted by atomic mass is 16.5. The summed E-state index contributed by atoms with van der Waals surface area (Å²) >= 11 is 0. The number of anilines is 3. The summed E-state index contributed by atoms with van der Waals surface area (Å²) in [4.78, 5) is 25.2. The molecule has 0 aromatic heterocycles. The average molecular weight is 470 g/mol. The van der Waals surface area contributed by atoms with Crippen LogP contribution >= 0.6 is 0 Å². The number of benzene rings is 3. The maximum Gasteiger partial charge on any atom is 0.330 e. The molecule has 0 saturated carbocycles. The number of ether oxygens (including phenoxy) is 2. The lowest BCUT2D eigenvalue weighted by Gasteiger charge is -2.27. The van der Waals surface area contributed by atoms with Crippen LogP contribution in [0.5, 0.6) is 0 Å². The van der Waals surface area contributed by atoms with Gasteiger partial charge in [0.15, 0.2) is 0 Å². The Morgan fingerprint density at radius 1 is 0.686 bits per heavy atom. The predicted molar refractivity (Wildman–Crippen MR) is 140 cm³/mol. The first kappa shape index (κ1) is 25.5. The SMILES string of the molecule is C=CC(=O)OCCc1cc(CCOC(=O)C=C)cc(N(c2ccc(C)cc2)c2ccc(C)cc2)c1. The maximum absolute atomic E-state index is 11.5. The predicted octanol–water partition coefficient (Wildman–Crippen LogP) is 6.32. The summed E-state index contributed by atoms with van der Waals surface area (Å²) < 4.78 is 10.4. The van der Waals surface area contributed by atoms with Crippen LogP contribution in [0.1, 0.15) is 22.3 Å². The Hall–Kier alpha value is -4.12. The molecule has 0 saturated heterocycles. The molecule has 3 rings (SSSR count). The van der Waals surface area contributed by atoms with Gasteiger partial charge in [-0.05, 0) is 61.4 Å². The number of nitrogens with zero attached hydrogens (tertiary/aromatic N) is 1. The quantitative estimate of drug-likeness (QED) is 0.243. The van der Waals surface area contributed by atoms with Gasteiger partial charge < -0.3 is 14.4 Å². The molecule has 0 aliphatic rings. The molecule has 0 aliphatic carbocycles. The fourth-order valence-corrected chi connectivity index (χ4v) is 3.65. The highest BCUT2D eigenvalue weighted by molar-refractivity contribution is 5.81. The minimum atomic E-state index is -0.446. The maximum atomic E-state index is 11.5. The molecular weight excluding hydrogens is 438 g/mol. The van der Waals surface area contributed by atoms with Crippen LogP contribution in [0.3, 0.4) is 0 Å². The third-order valence-corrected chi connectivity index (χ3v) is 5.48. The molecule has 0 N–H and O–H groups in total. The van der Waals surface area contributed by atoms with Crippen molar-refractivity contribution >= 4 is 29.0 Å². The number of carbonyl (C=O) groups excluding carboxylic acids is 2. The minimum Gasteiger partial charge on any atom is -0.462 e. The zero-order valence-corrected chi connectivity index (χ0v) is 20.3. The molecule has 0 bridgehead atoms. The van der Waals surface area contributed by atoms with Crippen molar-refractivity contribution in [1.29, 1.82) is 0 Å². The van der Waals surface area contributed by atoms with E-state index in [1.165, 1.54) is 11.1 Å². The van der Waals surface area contributed by atoms with E-state index in [1.54, 1.807) is 0 Å². The lowest BCUT2D eigenvalue weighted by Crippen LogP contribution is -2.12. The van der Waals surface area contributed by atoms with Gasteiger partial charge >= 0.3 is 11.9 Å². The van der Waals surface area contributed by atoms with E-state index < -0.39 is 11.9 Å². The van der Waals surface area contributed by atoms with Gasteiger partial charge in [-0.3, -0.25) is 0 Å². The number of esters is 2. The van der Waals surface area contributed by atoms with Gasteiger partial charge in [0, 0.05) is 42.1 Å². The van der Waals surface area contributed by atoms with Crippen molar-refractivity contribution in [3.8, 4) is 0 Å². The Kier molecular flexibility index (Phi) is 9.02. The van der Waals surface area contributed by atoms with Crippen molar-refractivity contribution in [3.63, 3.8) is 0 Å². The second kappa shape index (κ2) is 12.4. The molecule has 0 spiro atoms. The Morgan fingerprint density at radius 2 is 1.09 bits per heavy atom. The zero-order valence-electron chi connectivity index (χ0n) is 20.3. The zero-order chi connectivity index (χ0) is 25.2. The molecule has 5 heteroatoms. The van der Waals surface area contributed by atoms with Crippen molar-refractivity contribution in [3.05, 3.63) is 114 Å². The van der Waals surface area contributed by atoms with E-state index in [0.29, 0.717) is 12.8 Å². The Bertz CT molecular complexity index is 1090. The smallest absolute Gasteiger partial charge is 0.330 e. The summed E-state index contributed by atoms with van der Waals surface area (Å²) in [5, 5.41) is 0. The van der Waals surface area contributed by atoms with Crippen molar-refractivity contribution in [2.24, 2.45) is 0 Å². The third kappa shape index (κ3) is 7.44. The number of hydrogen-bond acceptors (Lipinski definition) is 5. The molecule has 3 aromatic carbocycles. The molecule has 0 fully saturated rings. The van der Waals surface area contributed by atoms with Crippen LogP contribution in [0.4, 0.5) is 17.1 Å². The van der Waals surface area contributed by atoms with Gasteiger partial charge in [-0.2, -0.15) is 0 Å². The van der Waals surface area contributed by atoms with Crippen LogP contribution in [0.2, 0.25) is 0 Å². The average Bonchev–Trinajstić information content (AvgIpc) is 2.86. The van der Waals surface area contributed by atoms with E-state index in [2.05, 4.69) is 98.6 Å². The Morgan fingerprint density at radius 3 is 1.46 bits per heavy atom. The van der Waals surface area contributed by atoms with Gasteiger partial charge in [0.25, 0.3) is 0 Å². The van der Waals surface area contributed by atoms with Crippen molar-refractivity contribution < 1.29 is 19.1 Å². The van der Waals surface area contributed by atoms with Crippen molar-refractivity contribution in [2.75, 3.05) is 18.1 Å². The summed E-state index contributed by atoms with van der Waals surface area (Å²) in [6.07, 6.45) is 3.41. The van der Waals surface area contributed by atoms with Gasteiger partial charge in [0.1, 0.15) is 0 Å². The highest BCUT2D eigenvalue weighted by Crippen LogP contribution is 2.36. The molecule has 3 aromatic rings. The van der Waals surface area contributed by atoms with E-state index in [4.69, 9.17) is 9.47 Å². The molecular formula is C30H31NO4. The monoisotopic (exact) mass is 469 g/mol. The van der Waals surface area contributed by atoms with Crippen LogP contribution in [-0.2, 0) is 31.9 Å². The summed E-state index contributed by atoms with van der Waals surface area (Å²) in [6, 6.07) is 23.0. The third-order valence-electron chi connectivity index (χ3n) is 5.48. The van der Waals surface area contributed by atoms with Crippen LogP contribution in [0.25, 0.3) is 0 Å². The molecule has 5 nitrogen and oxygen atoms in total.